The molecule has 0 saturated carbocycles. The van der Waals surface area contributed by atoms with Crippen LogP contribution < -0.4 is 5.32 Å². The summed E-state index contributed by atoms with van der Waals surface area (Å²) < 4.78 is 0. The number of aliphatic hydroxyl groups excluding tert-OH is 2. The summed E-state index contributed by atoms with van der Waals surface area (Å²) >= 11 is 0. The fourth-order valence-corrected chi connectivity index (χ4v) is 9.53. The molecule has 0 radical (unpaired) electrons. The minimum atomic E-state index is -0.657. The van der Waals surface area contributed by atoms with E-state index in [0.29, 0.717) is 12.8 Å². The SMILES string of the molecule is CC/C=C\C/C=C\C/C=C\C/C=C\CCCCCCCCCCCCCCCCCCCCCCCCCCCCCCC(=O)NC(CO)C(O)CCCCCCCCCCCCCCCC. The van der Waals surface area contributed by atoms with Crippen molar-refractivity contribution in [3.8, 4) is 0 Å². The number of allylic oxidation sites excluding steroid dienone is 8. The smallest absolute Gasteiger partial charge is 0.220 e. The molecule has 3 N–H and O–H groups in total. The van der Waals surface area contributed by atoms with Crippen molar-refractivity contribution in [2.24, 2.45) is 0 Å². The fourth-order valence-electron chi connectivity index (χ4n) is 9.53. The van der Waals surface area contributed by atoms with Gasteiger partial charge in [-0.15, -0.1) is 0 Å². The lowest BCUT2D eigenvalue weighted by molar-refractivity contribution is -0.123. The molecular weight excluding hydrogens is 819 g/mol. The molecule has 0 saturated heterocycles. The molecule has 4 nitrogen and oxygen atoms in total. The van der Waals surface area contributed by atoms with Crippen LogP contribution in [0.1, 0.15) is 328 Å². The average molecular weight is 939 g/mol. The number of carbonyl (C=O) groups excluding carboxylic acids is 1. The highest BCUT2D eigenvalue weighted by atomic mass is 16.3. The number of amides is 1. The Balaban J connectivity index is 3.35. The van der Waals surface area contributed by atoms with E-state index in [9.17, 15) is 15.0 Å². The Hall–Kier alpha value is -1.65. The number of hydrogen-bond donors (Lipinski definition) is 3. The molecule has 394 valence electrons. The highest BCUT2D eigenvalue weighted by molar-refractivity contribution is 5.76. The molecule has 0 spiro atoms. The summed E-state index contributed by atoms with van der Waals surface area (Å²) in [6.45, 7) is 4.27. The normalized spacial score (nSPS) is 13.1. The molecule has 4 heteroatoms. The van der Waals surface area contributed by atoms with Crippen molar-refractivity contribution in [3.05, 3.63) is 48.6 Å². The third-order valence-corrected chi connectivity index (χ3v) is 14.1. The van der Waals surface area contributed by atoms with Gasteiger partial charge in [0.05, 0.1) is 18.8 Å². The molecule has 0 aromatic carbocycles. The number of aliphatic hydroxyl groups is 2. The van der Waals surface area contributed by atoms with Crippen molar-refractivity contribution in [1.82, 2.24) is 5.32 Å². The van der Waals surface area contributed by atoms with Crippen LogP contribution in [0.3, 0.4) is 0 Å². The van der Waals surface area contributed by atoms with Gasteiger partial charge in [0.2, 0.25) is 5.91 Å². The van der Waals surface area contributed by atoms with Crippen molar-refractivity contribution in [3.63, 3.8) is 0 Å². The van der Waals surface area contributed by atoms with E-state index in [2.05, 4.69) is 67.8 Å². The second-order valence-electron chi connectivity index (χ2n) is 20.7. The van der Waals surface area contributed by atoms with E-state index in [-0.39, 0.29) is 12.5 Å². The molecule has 0 aromatic rings. The van der Waals surface area contributed by atoms with E-state index in [4.69, 9.17) is 0 Å². The Labute approximate surface area is 420 Å². The first-order valence-corrected chi connectivity index (χ1v) is 30.3. The zero-order valence-corrected chi connectivity index (χ0v) is 45.4. The number of rotatable bonds is 56. The van der Waals surface area contributed by atoms with Gasteiger partial charge >= 0.3 is 0 Å². The molecule has 0 aromatic heterocycles. The Morgan fingerprint density at radius 1 is 0.373 bits per heavy atom. The van der Waals surface area contributed by atoms with Crippen LogP contribution in [0.2, 0.25) is 0 Å². The summed E-state index contributed by atoms with van der Waals surface area (Å²) in [4.78, 5) is 12.5. The van der Waals surface area contributed by atoms with E-state index in [1.807, 2.05) is 0 Å². The van der Waals surface area contributed by atoms with Gasteiger partial charge in [0.1, 0.15) is 0 Å². The Morgan fingerprint density at radius 2 is 0.657 bits per heavy atom. The highest BCUT2D eigenvalue weighted by Crippen LogP contribution is 2.18. The summed E-state index contributed by atoms with van der Waals surface area (Å²) in [6.07, 6.45) is 81.4. The van der Waals surface area contributed by atoms with Gasteiger partial charge in [-0.1, -0.05) is 319 Å². The number of hydrogen-bond acceptors (Lipinski definition) is 3. The van der Waals surface area contributed by atoms with Crippen molar-refractivity contribution in [2.45, 2.75) is 341 Å². The molecule has 0 heterocycles. The summed E-state index contributed by atoms with van der Waals surface area (Å²) in [6, 6.07) is -0.533. The molecule has 0 bridgehead atoms. The van der Waals surface area contributed by atoms with E-state index >= 15 is 0 Å². The molecule has 2 unspecified atom stereocenters. The monoisotopic (exact) mass is 938 g/mol. The van der Waals surface area contributed by atoms with Crippen LogP contribution >= 0.6 is 0 Å². The first-order valence-electron chi connectivity index (χ1n) is 30.3. The second-order valence-corrected chi connectivity index (χ2v) is 20.7. The Kier molecular flexibility index (Phi) is 57.2. The lowest BCUT2D eigenvalue weighted by Crippen LogP contribution is -2.45. The number of unbranched alkanes of at least 4 members (excludes halogenated alkanes) is 41. The maximum absolute atomic E-state index is 12.5. The van der Waals surface area contributed by atoms with Gasteiger partial charge in [0, 0.05) is 6.42 Å². The van der Waals surface area contributed by atoms with Gasteiger partial charge in [-0.25, -0.2) is 0 Å². The molecule has 0 fully saturated rings. The van der Waals surface area contributed by atoms with Crippen molar-refractivity contribution < 1.29 is 15.0 Å². The van der Waals surface area contributed by atoms with Gasteiger partial charge < -0.3 is 15.5 Å². The van der Waals surface area contributed by atoms with E-state index in [1.165, 1.54) is 250 Å². The summed E-state index contributed by atoms with van der Waals surface area (Å²) in [5, 5.41) is 23.3. The van der Waals surface area contributed by atoms with Crippen molar-refractivity contribution in [2.75, 3.05) is 6.61 Å². The van der Waals surface area contributed by atoms with Crippen LogP contribution in [0, 0.1) is 0 Å². The quantitative estimate of drug-likeness (QED) is 0.0420. The zero-order valence-electron chi connectivity index (χ0n) is 45.4. The zero-order chi connectivity index (χ0) is 48.5. The fraction of sp³-hybridized carbons (Fsp3) is 0.857. The molecule has 0 aliphatic carbocycles. The lowest BCUT2D eigenvalue weighted by atomic mass is 10.0. The largest absolute Gasteiger partial charge is 0.394 e. The van der Waals surface area contributed by atoms with Gasteiger partial charge in [-0.2, -0.15) is 0 Å². The van der Waals surface area contributed by atoms with Gasteiger partial charge in [0.15, 0.2) is 0 Å². The standard InChI is InChI=1S/C63H119NO3/c1-3-5-7-9-11-13-15-17-19-20-21-22-23-24-25-26-27-28-29-30-31-32-33-34-35-36-37-38-39-40-41-42-43-44-45-47-49-51-53-55-57-59-63(67)64-61(60-65)62(66)58-56-54-52-50-48-46-18-16-14-12-10-8-6-4-2/h5,7,11,13,17,19,21-22,61-62,65-66H,3-4,6,8-10,12,14-16,18,20,23-60H2,1-2H3,(H,64,67)/b7-5-,13-11-,19-17-,22-21-. The van der Waals surface area contributed by atoms with Crippen LogP contribution in [-0.4, -0.2) is 34.9 Å². The van der Waals surface area contributed by atoms with Crippen molar-refractivity contribution in [1.29, 1.82) is 0 Å². The third kappa shape index (κ3) is 55.2. The topological polar surface area (TPSA) is 69.6 Å². The van der Waals surface area contributed by atoms with Crippen molar-refractivity contribution >= 4 is 5.91 Å². The van der Waals surface area contributed by atoms with Crippen LogP contribution in [0.25, 0.3) is 0 Å². The minimum absolute atomic E-state index is 0.0254. The maximum Gasteiger partial charge on any atom is 0.220 e. The van der Waals surface area contributed by atoms with Gasteiger partial charge in [0.25, 0.3) is 0 Å². The molecule has 0 aliphatic heterocycles. The van der Waals surface area contributed by atoms with Gasteiger partial charge in [-0.05, 0) is 51.4 Å². The number of nitrogens with one attached hydrogen (secondary N) is 1. The summed E-state index contributed by atoms with van der Waals surface area (Å²) in [5.74, 6) is -0.0254. The first kappa shape index (κ1) is 65.3. The average Bonchev–Trinajstić information content (AvgIpc) is 3.33. The van der Waals surface area contributed by atoms with Crippen LogP contribution in [0.4, 0.5) is 0 Å². The molecule has 67 heavy (non-hydrogen) atoms. The first-order chi connectivity index (χ1) is 33.2. The molecular formula is C63H119NO3. The van der Waals surface area contributed by atoms with E-state index < -0.39 is 12.1 Å². The maximum atomic E-state index is 12.5. The van der Waals surface area contributed by atoms with Crippen LogP contribution in [-0.2, 0) is 4.79 Å². The molecule has 1 amide bonds. The van der Waals surface area contributed by atoms with Crippen LogP contribution in [0.15, 0.2) is 48.6 Å². The number of carbonyl (C=O) groups is 1. The highest BCUT2D eigenvalue weighted by Gasteiger charge is 2.20. The lowest BCUT2D eigenvalue weighted by Gasteiger charge is -2.22. The van der Waals surface area contributed by atoms with Crippen LogP contribution in [0.5, 0.6) is 0 Å². The predicted molar refractivity (Wildman–Crippen MR) is 299 cm³/mol. The second kappa shape index (κ2) is 58.7. The third-order valence-electron chi connectivity index (χ3n) is 14.1. The molecule has 2 atom stereocenters. The Bertz CT molecular complexity index is 1060. The summed E-state index contributed by atoms with van der Waals surface area (Å²) in [7, 11) is 0. The van der Waals surface area contributed by atoms with Gasteiger partial charge in [-0.3, -0.25) is 4.79 Å². The van der Waals surface area contributed by atoms with E-state index in [1.54, 1.807) is 0 Å². The Morgan fingerprint density at radius 3 is 0.985 bits per heavy atom. The summed E-state index contributed by atoms with van der Waals surface area (Å²) in [5.41, 5.74) is 0. The van der Waals surface area contributed by atoms with E-state index in [0.717, 1.165) is 51.4 Å². The molecule has 0 aliphatic rings. The predicted octanol–water partition coefficient (Wildman–Crippen LogP) is 20.2. The molecule has 0 rings (SSSR count). The minimum Gasteiger partial charge on any atom is -0.394 e.